The van der Waals surface area contributed by atoms with Gasteiger partial charge in [0.2, 0.25) is 0 Å². The third-order valence-electron chi connectivity index (χ3n) is 5.86. The van der Waals surface area contributed by atoms with Gasteiger partial charge in [-0.1, -0.05) is 35.3 Å². The number of carbonyl (C=O) groups excluding carboxylic acids is 2. The van der Waals surface area contributed by atoms with E-state index in [9.17, 15) is 19.5 Å². The second-order valence-electron chi connectivity index (χ2n) is 7.92. The van der Waals surface area contributed by atoms with Gasteiger partial charge >= 0.3 is 5.97 Å². The topological polar surface area (TPSA) is 87.6 Å². The molecule has 0 fully saturated rings. The van der Waals surface area contributed by atoms with Gasteiger partial charge in [0.1, 0.15) is 0 Å². The van der Waals surface area contributed by atoms with Crippen LogP contribution in [0.4, 0.5) is 0 Å². The Morgan fingerprint density at radius 3 is 2.61 bits per heavy atom. The zero-order valence-electron chi connectivity index (χ0n) is 17.7. The molecular formula is C25H20Cl2N2O4. The molecule has 0 bridgehead atoms. The summed E-state index contributed by atoms with van der Waals surface area (Å²) in [7, 11) is 0. The normalized spacial score (nSPS) is 16.8. The molecule has 1 aliphatic rings. The van der Waals surface area contributed by atoms with Gasteiger partial charge in [-0.3, -0.25) is 14.6 Å². The molecule has 2 aromatic carbocycles. The van der Waals surface area contributed by atoms with Crippen LogP contribution in [0.3, 0.4) is 0 Å². The Morgan fingerprint density at radius 2 is 1.94 bits per heavy atom. The summed E-state index contributed by atoms with van der Waals surface area (Å²) in [4.78, 5) is 44.4. The zero-order chi connectivity index (χ0) is 23.7. The maximum Gasteiger partial charge on any atom is 0.337 e. The SMILES string of the molecule is CC(c1ccc(C(=O)O)c(Cl)c1)N1C(=O)c2ccc(Cl)cc2CC(=O)[C@H]1Cc1ccccn1. The lowest BCUT2D eigenvalue weighted by atomic mass is 9.97. The summed E-state index contributed by atoms with van der Waals surface area (Å²) in [6.45, 7) is 1.80. The van der Waals surface area contributed by atoms with Gasteiger partial charge in [0.15, 0.2) is 5.78 Å². The molecule has 1 aliphatic heterocycles. The van der Waals surface area contributed by atoms with Gasteiger partial charge in [0.25, 0.3) is 5.91 Å². The Bertz CT molecular complexity index is 1250. The molecule has 1 aromatic heterocycles. The van der Waals surface area contributed by atoms with Crippen molar-refractivity contribution in [1.29, 1.82) is 0 Å². The van der Waals surface area contributed by atoms with Crippen LogP contribution in [0.25, 0.3) is 0 Å². The third-order valence-corrected chi connectivity index (χ3v) is 6.40. The quantitative estimate of drug-likeness (QED) is 0.550. The van der Waals surface area contributed by atoms with Crippen molar-refractivity contribution in [3.05, 3.63) is 98.8 Å². The minimum Gasteiger partial charge on any atom is -0.478 e. The number of ketones is 1. The second kappa shape index (κ2) is 9.33. The minimum atomic E-state index is -1.14. The second-order valence-corrected chi connectivity index (χ2v) is 8.76. The summed E-state index contributed by atoms with van der Waals surface area (Å²) in [5.41, 5.74) is 2.27. The molecule has 168 valence electrons. The van der Waals surface area contributed by atoms with Crippen molar-refractivity contribution in [2.45, 2.75) is 31.8 Å². The van der Waals surface area contributed by atoms with E-state index in [2.05, 4.69) is 4.98 Å². The van der Waals surface area contributed by atoms with Gasteiger partial charge in [0, 0.05) is 35.3 Å². The Morgan fingerprint density at radius 1 is 1.15 bits per heavy atom. The highest BCUT2D eigenvalue weighted by molar-refractivity contribution is 6.33. The van der Waals surface area contributed by atoms with Gasteiger partial charge in [-0.2, -0.15) is 0 Å². The van der Waals surface area contributed by atoms with Gasteiger partial charge in [-0.05, 0) is 60.5 Å². The highest BCUT2D eigenvalue weighted by Gasteiger charge is 2.38. The number of aromatic carboxylic acids is 1. The number of hydrogen-bond acceptors (Lipinski definition) is 4. The molecule has 1 N–H and O–H groups in total. The number of nitrogens with zero attached hydrogens (tertiary/aromatic N) is 2. The van der Waals surface area contributed by atoms with E-state index in [1.54, 1.807) is 48.4 Å². The molecular weight excluding hydrogens is 463 g/mol. The van der Waals surface area contributed by atoms with Crippen LogP contribution in [-0.2, 0) is 17.6 Å². The predicted molar refractivity (Wildman–Crippen MR) is 125 cm³/mol. The van der Waals surface area contributed by atoms with Gasteiger partial charge in [-0.25, -0.2) is 4.79 Å². The van der Waals surface area contributed by atoms with Gasteiger partial charge in [-0.15, -0.1) is 0 Å². The van der Waals surface area contributed by atoms with E-state index < -0.39 is 18.1 Å². The fourth-order valence-corrected chi connectivity index (χ4v) is 4.62. The molecule has 6 nitrogen and oxygen atoms in total. The van der Waals surface area contributed by atoms with Crippen molar-refractivity contribution in [2.24, 2.45) is 0 Å². The summed E-state index contributed by atoms with van der Waals surface area (Å²) < 4.78 is 0. The molecule has 0 aliphatic carbocycles. The molecule has 0 radical (unpaired) electrons. The molecule has 33 heavy (non-hydrogen) atoms. The maximum absolute atomic E-state index is 13.8. The van der Waals surface area contributed by atoms with Crippen LogP contribution in [0, 0.1) is 0 Å². The molecule has 1 unspecified atom stereocenters. The van der Waals surface area contributed by atoms with E-state index in [1.807, 2.05) is 12.1 Å². The molecule has 3 aromatic rings. The fraction of sp³-hybridized carbons (Fsp3) is 0.200. The van der Waals surface area contributed by atoms with Crippen LogP contribution in [-0.4, -0.2) is 38.7 Å². The number of carboxylic acids is 1. The largest absolute Gasteiger partial charge is 0.478 e. The third kappa shape index (κ3) is 4.63. The first-order valence-electron chi connectivity index (χ1n) is 10.3. The number of amides is 1. The predicted octanol–water partition coefficient (Wildman–Crippen LogP) is 5.03. The van der Waals surface area contributed by atoms with Crippen molar-refractivity contribution in [3.63, 3.8) is 0 Å². The summed E-state index contributed by atoms with van der Waals surface area (Å²) in [5, 5.41) is 9.80. The van der Waals surface area contributed by atoms with Crippen LogP contribution < -0.4 is 0 Å². The lowest BCUT2D eigenvalue weighted by Gasteiger charge is -2.35. The summed E-state index contributed by atoms with van der Waals surface area (Å²) in [5.74, 6) is -1.58. The number of pyridine rings is 1. The molecule has 0 spiro atoms. The Balaban J connectivity index is 1.81. The number of hydrogen-bond donors (Lipinski definition) is 1. The van der Waals surface area contributed by atoms with Crippen molar-refractivity contribution in [3.8, 4) is 0 Å². The van der Waals surface area contributed by atoms with E-state index in [-0.39, 0.29) is 35.1 Å². The monoisotopic (exact) mass is 482 g/mol. The van der Waals surface area contributed by atoms with Gasteiger partial charge in [0.05, 0.1) is 22.7 Å². The van der Waals surface area contributed by atoms with Crippen LogP contribution in [0.1, 0.15) is 50.5 Å². The van der Waals surface area contributed by atoms with Crippen molar-refractivity contribution in [1.82, 2.24) is 9.88 Å². The standard InChI is InChI=1S/C25H20Cl2N2O4/c1-14(15-5-7-20(25(32)33)21(27)11-15)29-22(13-18-4-2-3-9-28-18)23(30)12-16-10-17(26)6-8-19(16)24(29)31/h2-11,14,22H,12-13H2,1H3,(H,32,33)/t14?,22-/m1/s1. The number of Topliss-reactive ketones (excluding diaryl/α,β-unsaturated/α-hetero) is 1. The van der Waals surface area contributed by atoms with E-state index in [4.69, 9.17) is 23.2 Å². The molecule has 0 saturated carbocycles. The molecule has 0 saturated heterocycles. The molecule has 2 atom stereocenters. The molecule has 2 heterocycles. The zero-order valence-corrected chi connectivity index (χ0v) is 19.2. The average Bonchev–Trinajstić information content (AvgIpc) is 2.87. The highest BCUT2D eigenvalue weighted by Crippen LogP contribution is 2.33. The maximum atomic E-state index is 13.8. The first-order chi connectivity index (χ1) is 15.8. The lowest BCUT2D eigenvalue weighted by Crippen LogP contribution is -2.46. The number of fused-ring (bicyclic) bond motifs is 1. The molecule has 8 heteroatoms. The van der Waals surface area contributed by atoms with Gasteiger partial charge < -0.3 is 10.0 Å². The number of benzene rings is 2. The first-order valence-corrected chi connectivity index (χ1v) is 11.1. The number of carbonyl (C=O) groups is 3. The summed E-state index contributed by atoms with van der Waals surface area (Å²) >= 11 is 12.3. The van der Waals surface area contributed by atoms with E-state index >= 15 is 0 Å². The average molecular weight is 483 g/mol. The van der Waals surface area contributed by atoms with E-state index in [1.165, 1.54) is 12.1 Å². The molecule has 4 rings (SSSR count). The fourth-order valence-electron chi connectivity index (χ4n) is 4.16. The first kappa shape index (κ1) is 23.0. The van der Waals surface area contributed by atoms with Crippen LogP contribution in [0.5, 0.6) is 0 Å². The van der Waals surface area contributed by atoms with Crippen molar-refractivity contribution >= 4 is 40.9 Å². The van der Waals surface area contributed by atoms with Crippen LogP contribution >= 0.6 is 23.2 Å². The lowest BCUT2D eigenvalue weighted by molar-refractivity contribution is -0.123. The van der Waals surface area contributed by atoms with E-state index in [0.29, 0.717) is 27.4 Å². The number of aromatic nitrogens is 1. The Labute approximate surface area is 200 Å². The summed E-state index contributed by atoms with van der Waals surface area (Å²) in [6.07, 6.45) is 1.96. The van der Waals surface area contributed by atoms with Crippen LogP contribution in [0.2, 0.25) is 10.0 Å². The summed E-state index contributed by atoms with van der Waals surface area (Å²) in [6, 6.07) is 13.6. The van der Waals surface area contributed by atoms with E-state index in [0.717, 1.165) is 0 Å². The number of carboxylic acid groups (broad SMARTS) is 1. The Hall–Kier alpha value is -3.22. The van der Waals surface area contributed by atoms with Crippen molar-refractivity contribution < 1.29 is 19.5 Å². The minimum absolute atomic E-state index is 0.0316. The highest BCUT2D eigenvalue weighted by atomic mass is 35.5. The van der Waals surface area contributed by atoms with Crippen molar-refractivity contribution in [2.75, 3.05) is 0 Å². The smallest absolute Gasteiger partial charge is 0.337 e. The van der Waals surface area contributed by atoms with Crippen LogP contribution in [0.15, 0.2) is 60.8 Å². The Kier molecular flexibility index (Phi) is 6.49. The number of rotatable bonds is 5. The number of halogens is 2. The molecule has 1 amide bonds.